The van der Waals surface area contributed by atoms with Crippen LogP contribution < -0.4 is 5.32 Å². The van der Waals surface area contributed by atoms with Gasteiger partial charge in [0.2, 0.25) is 0 Å². The third-order valence-corrected chi connectivity index (χ3v) is 3.64. The molecule has 0 spiro atoms. The molecular weight excluding hydrogens is 365 g/mol. The van der Waals surface area contributed by atoms with E-state index in [-0.39, 0.29) is 5.56 Å². The number of esters is 1. The van der Waals surface area contributed by atoms with Gasteiger partial charge in [-0.1, -0.05) is 35.0 Å². The monoisotopic (exact) mass is 379 g/mol. The van der Waals surface area contributed by atoms with Gasteiger partial charge in [-0.3, -0.25) is 4.79 Å². The van der Waals surface area contributed by atoms with Gasteiger partial charge in [-0.05, 0) is 42.3 Å². The second-order valence-electron chi connectivity index (χ2n) is 4.76. The molecule has 0 bridgehead atoms. The molecule has 2 rings (SSSR count). The van der Waals surface area contributed by atoms with E-state index in [9.17, 15) is 14.0 Å². The topological polar surface area (TPSA) is 55.4 Å². The van der Waals surface area contributed by atoms with E-state index in [1.54, 1.807) is 12.1 Å². The van der Waals surface area contributed by atoms with Crippen molar-refractivity contribution >= 4 is 33.5 Å². The zero-order chi connectivity index (χ0) is 16.8. The molecule has 120 valence electrons. The van der Waals surface area contributed by atoms with Gasteiger partial charge >= 0.3 is 5.97 Å². The highest BCUT2D eigenvalue weighted by molar-refractivity contribution is 9.10. The zero-order valence-corrected chi connectivity index (χ0v) is 14.0. The maximum Gasteiger partial charge on any atom is 0.341 e. The molecule has 0 saturated heterocycles. The number of ether oxygens (including phenoxy) is 1. The van der Waals surface area contributed by atoms with Crippen molar-refractivity contribution in [2.45, 2.75) is 13.3 Å². The van der Waals surface area contributed by atoms with Crippen molar-refractivity contribution in [3.8, 4) is 0 Å². The summed E-state index contributed by atoms with van der Waals surface area (Å²) in [5.74, 6) is -2.03. The van der Waals surface area contributed by atoms with Crippen molar-refractivity contribution in [1.82, 2.24) is 0 Å². The lowest BCUT2D eigenvalue weighted by Crippen LogP contribution is -2.22. The Hall–Kier alpha value is -2.21. The normalized spacial score (nSPS) is 10.2. The van der Waals surface area contributed by atoms with Crippen LogP contribution in [-0.2, 0) is 16.0 Å². The van der Waals surface area contributed by atoms with E-state index in [1.807, 2.05) is 13.0 Å². The first-order valence-electron chi connectivity index (χ1n) is 7.01. The number of rotatable bonds is 5. The number of hydrogen-bond acceptors (Lipinski definition) is 3. The van der Waals surface area contributed by atoms with Crippen molar-refractivity contribution in [3.63, 3.8) is 0 Å². The molecule has 0 aliphatic heterocycles. The predicted molar refractivity (Wildman–Crippen MR) is 88.8 cm³/mol. The summed E-state index contributed by atoms with van der Waals surface area (Å²) in [4.78, 5) is 23.6. The average molecular weight is 380 g/mol. The molecule has 4 nitrogen and oxygen atoms in total. The third-order valence-electron chi connectivity index (χ3n) is 3.15. The number of benzene rings is 2. The lowest BCUT2D eigenvalue weighted by Gasteiger charge is -2.11. The van der Waals surface area contributed by atoms with Gasteiger partial charge in [-0.15, -0.1) is 0 Å². The average Bonchev–Trinajstić information content (AvgIpc) is 2.54. The Morgan fingerprint density at radius 1 is 1.22 bits per heavy atom. The Balaban J connectivity index is 1.96. The fraction of sp³-hybridized carbons (Fsp3) is 0.176. The van der Waals surface area contributed by atoms with Crippen LogP contribution in [0.5, 0.6) is 0 Å². The lowest BCUT2D eigenvalue weighted by molar-refractivity contribution is -0.119. The minimum Gasteiger partial charge on any atom is -0.452 e. The van der Waals surface area contributed by atoms with Crippen LogP contribution >= 0.6 is 15.9 Å². The second kappa shape index (κ2) is 7.87. The molecule has 1 amide bonds. The molecule has 0 radical (unpaired) electrons. The molecular formula is C17H15BrFNO3. The van der Waals surface area contributed by atoms with Gasteiger partial charge in [0, 0.05) is 10.2 Å². The molecule has 23 heavy (non-hydrogen) atoms. The number of halogens is 2. The Kier molecular flexibility index (Phi) is 5.87. The predicted octanol–water partition coefficient (Wildman–Crippen LogP) is 3.95. The second-order valence-corrected chi connectivity index (χ2v) is 5.67. The Morgan fingerprint density at radius 2 is 1.96 bits per heavy atom. The van der Waals surface area contributed by atoms with Gasteiger partial charge in [-0.2, -0.15) is 0 Å². The highest BCUT2D eigenvalue weighted by Crippen LogP contribution is 2.21. The minimum absolute atomic E-state index is 0.196. The van der Waals surface area contributed by atoms with Gasteiger partial charge in [-0.25, -0.2) is 9.18 Å². The Bertz CT molecular complexity index is 734. The van der Waals surface area contributed by atoms with Crippen LogP contribution in [0.25, 0.3) is 0 Å². The molecule has 6 heteroatoms. The Morgan fingerprint density at radius 3 is 2.65 bits per heavy atom. The molecule has 0 heterocycles. The SMILES string of the molecule is CCc1cc(Br)ccc1NC(=O)COC(=O)c1ccccc1F. The summed E-state index contributed by atoms with van der Waals surface area (Å²) in [7, 11) is 0. The van der Waals surface area contributed by atoms with Crippen molar-refractivity contribution in [3.05, 3.63) is 63.9 Å². The van der Waals surface area contributed by atoms with Crippen LogP contribution in [0.2, 0.25) is 0 Å². The quantitative estimate of drug-likeness (QED) is 0.800. The van der Waals surface area contributed by atoms with Gasteiger partial charge in [0.15, 0.2) is 6.61 Å². The molecule has 0 aliphatic carbocycles. The molecule has 0 aromatic heterocycles. The number of anilines is 1. The molecule has 0 unspecified atom stereocenters. The van der Waals surface area contributed by atoms with Crippen molar-refractivity contribution in [1.29, 1.82) is 0 Å². The van der Waals surface area contributed by atoms with Crippen LogP contribution in [0.3, 0.4) is 0 Å². The van der Waals surface area contributed by atoms with Gasteiger partial charge in [0.1, 0.15) is 5.82 Å². The van der Waals surface area contributed by atoms with Crippen molar-refractivity contribution in [2.75, 3.05) is 11.9 Å². The Labute approximate surface area is 141 Å². The third kappa shape index (κ3) is 4.63. The summed E-state index contributed by atoms with van der Waals surface area (Å²) >= 11 is 3.37. The fourth-order valence-electron chi connectivity index (χ4n) is 2.00. The molecule has 0 aliphatic rings. The summed E-state index contributed by atoms with van der Waals surface area (Å²) in [6.45, 7) is 1.49. The van der Waals surface area contributed by atoms with Crippen LogP contribution in [0, 0.1) is 5.82 Å². The highest BCUT2D eigenvalue weighted by Gasteiger charge is 2.14. The van der Waals surface area contributed by atoms with Crippen molar-refractivity contribution < 1.29 is 18.7 Å². The van der Waals surface area contributed by atoms with E-state index in [2.05, 4.69) is 21.2 Å². The first kappa shape index (κ1) is 17.1. The van der Waals surface area contributed by atoms with E-state index in [0.29, 0.717) is 5.69 Å². The zero-order valence-electron chi connectivity index (χ0n) is 12.4. The number of carbonyl (C=O) groups excluding carboxylic acids is 2. The largest absolute Gasteiger partial charge is 0.452 e. The van der Waals surface area contributed by atoms with E-state index < -0.39 is 24.3 Å². The number of nitrogens with one attached hydrogen (secondary N) is 1. The molecule has 0 saturated carbocycles. The smallest absolute Gasteiger partial charge is 0.341 e. The van der Waals surface area contributed by atoms with E-state index >= 15 is 0 Å². The molecule has 2 aromatic carbocycles. The first-order valence-corrected chi connectivity index (χ1v) is 7.80. The van der Waals surface area contributed by atoms with E-state index in [4.69, 9.17) is 4.74 Å². The summed E-state index contributed by atoms with van der Waals surface area (Å²) in [5.41, 5.74) is 1.41. The summed E-state index contributed by atoms with van der Waals surface area (Å²) in [6, 6.07) is 10.9. The van der Waals surface area contributed by atoms with E-state index in [0.717, 1.165) is 22.5 Å². The van der Waals surface area contributed by atoms with Crippen LogP contribution in [0.15, 0.2) is 46.9 Å². The van der Waals surface area contributed by atoms with Crippen molar-refractivity contribution in [2.24, 2.45) is 0 Å². The first-order chi connectivity index (χ1) is 11.0. The molecule has 0 fully saturated rings. The summed E-state index contributed by atoms with van der Waals surface area (Å²) in [5, 5.41) is 2.68. The van der Waals surface area contributed by atoms with Gasteiger partial charge < -0.3 is 10.1 Å². The molecule has 0 atom stereocenters. The maximum atomic E-state index is 13.4. The molecule has 1 N–H and O–H groups in total. The van der Waals surface area contributed by atoms with E-state index in [1.165, 1.54) is 18.2 Å². The minimum atomic E-state index is -0.871. The molecule has 2 aromatic rings. The standard InChI is InChI=1S/C17H15BrFNO3/c1-2-11-9-12(18)7-8-15(11)20-16(21)10-23-17(22)13-5-3-4-6-14(13)19/h3-9H,2,10H2,1H3,(H,20,21). The van der Waals surface area contributed by atoms with Crippen LogP contribution in [0.1, 0.15) is 22.8 Å². The number of amides is 1. The summed E-state index contributed by atoms with van der Waals surface area (Å²) < 4.78 is 19.2. The lowest BCUT2D eigenvalue weighted by atomic mass is 10.1. The van der Waals surface area contributed by atoms with Gasteiger partial charge in [0.25, 0.3) is 5.91 Å². The van der Waals surface area contributed by atoms with Crippen LogP contribution in [-0.4, -0.2) is 18.5 Å². The number of carbonyl (C=O) groups is 2. The number of aryl methyl sites for hydroxylation is 1. The number of hydrogen-bond donors (Lipinski definition) is 1. The highest BCUT2D eigenvalue weighted by atomic mass is 79.9. The van der Waals surface area contributed by atoms with Crippen LogP contribution in [0.4, 0.5) is 10.1 Å². The fourth-order valence-corrected chi connectivity index (χ4v) is 2.41. The summed E-state index contributed by atoms with van der Waals surface area (Å²) in [6.07, 6.45) is 0.740. The maximum absolute atomic E-state index is 13.4. The van der Waals surface area contributed by atoms with Gasteiger partial charge in [0.05, 0.1) is 5.56 Å².